The lowest BCUT2D eigenvalue weighted by Crippen LogP contribution is -1.79. The highest BCUT2D eigenvalue weighted by atomic mass is 32.1. The predicted molar refractivity (Wildman–Crippen MR) is 71.1 cm³/mol. The van der Waals surface area contributed by atoms with Crippen molar-refractivity contribution in [2.75, 3.05) is 5.73 Å². The second kappa shape index (κ2) is 3.89. The van der Waals surface area contributed by atoms with Crippen molar-refractivity contribution in [1.82, 2.24) is 4.98 Å². The molecule has 2 N–H and O–H groups in total. The first-order valence-corrected chi connectivity index (χ1v) is 6.32. The highest BCUT2D eigenvalue weighted by Crippen LogP contribution is 2.37. The summed E-state index contributed by atoms with van der Waals surface area (Å²) in [5.41, 5.74) is 8.80. The molecular weight excluding hydrogens is 232 g/mol. The lowest BCUT2D eigenvalue weighted by atomic mass is 10.1. The fourth-order valence-corrected chi connectivity index (χ4v) is 2.90. The topological polar surface area (TPSA) is 52.0 Å². The average Bonchev–Trinajstić information content (AvgIpc) is 2.91. The van der Waals surface area contributed by atoms with E-state index in [1.165, 1.54) is 10.4 Å². The summed E-state index contributed by atoms with van der Waals surface area (Å²) in [7, 11) is 0. The third kappa shape index (κ3) is 1.61. The smallest absolute Gasteiger partial charge is 0.226 e. The largest absolute Gasteiger partial charge is 0.445 e. The van der Waals surface area contributed by atoms with Gasteiger partial charge in [-0.25, -0.2) is 4.98 Å². The van der Waals surface area contributed by atoms with Gasteiger partial charge in [0.25, 0.3) is 0 Å². The van der Waals surface area contributed by atoms with E-state index < -0.39 is 0 Å². The van der Waals surface area contributed by atoms with Gasteiger partial charge in [-0.2, -0.15) is 0 Å². The zero-order chi connectivity index (χ0) is 11.8. The molecule has 0 bridgehead atoms. The summed E-state index contributed by atoms with van der Waals surface area (Å²) in [4.78, 5) is 5.48. The average molecular weight is 244 g/mol. The van der Waals surface area contributed by atoms with Crippen molar-refractivity contribution < 1.29 is 4.42 Å². The summed E-state index contributed by atoms with van der Waals surface area (Å²) in [5, 5.41) is 1.88. The molecule has 0 spiro atoms. The van der Waals surface area contributed by atoms with E-state index in [0.717, 1.165) is 22.4 Å². The number of aromatic nitrogens is 1. The molecule has 0 aliphatic carbocycles. The maximum Gasteiger partial charge on any atom is 0.226 e. The molecule has 17 heavy (non-hydrogen) atoms. The van der Waals surface area contributed by atoms with Crippen LogP contribution in [0.15, 0.2) is 35.1 Å². The molecule has 0 aliphatic heterocycles. The number of nitrogen functional groups attached to an aromatic ring is 1. The van der Waals surface area contributed by atoms with Crippen molar-refractivity contribution >= 4 is 27.4 Å². The third-order valence-electron chi connectivity index (χ3n) is 2.79. The Morgan fingerprint density at radius 1 is 1.41 bits per heavy atom. The van der Waals surface area contributed by atoms with Gasteiger partial charge in [0, 0.05) is 27.6 Å². The molecule has 3 aromatic heterocycles. The van der Waals surface area contributed by atoms with Crippen molar-refractivity contribution in [2.24, 2.45) is 0 Å². The van der Waals surface area contributed by atoms with E-state index in [4.69, 9.17) is 10.2 Å². The molecule has 4 heteroatoms. The number of nitrogens with zero attached hydrogens (tertiary/aromatic N) is 1. The van der Waals surface area contributed by atoms with Gasteiger partial charge in [0.2, 0.25) is 5.71 Å². The predicted octanol–water partition coefficient (Wildman–Crippen LogP) is 3.70. The summed E-state index contributed by atoms with van der Waals surface area (Å²) in [6, 6.07) is 5.96. The number of nitrogens with two attached hydrogens (primary N) is 1. The Morgan fingerprint density at radius 3 is 3.12 bits per heavy atom. The molecule has 3 aromatic rings. The van der Waals surface area contributed by atoms with E-state index in [9.17, 15) is 0 Å². The highest BCUT2D eigenvalue weighted by molar-refractivity contribution is 7.16. The van der Waals surface area contributed by atoms with Crippen LogP contribution in [0.3, 0.4) is 0 Å². The number of fused-ring (bicyclic) bond motifs is 1. The van der Waals surface area contributed by atoms with Gasteiger partial charge in [-0.1, -0.05) is 6.92 Å². The first-order chi connectivity index (χ1) is 8.29. The lowest BCUT2D eigenvalue weighted by molar-refractivity contribution is 0.604. The van der Waals surface area contributed by atoms with Gasteiger partial charge in [0.05, 0.1) is 5.00 Å². The van der Waals surface area contributed by atoms with Crippen LogP contribution in [0.1, 0.15) is 11.8 Å². The van der Waals surface area contributed by atoms with Crippen LogP contribution < -0.4 is 5.73 Å². The minimum Gasteiger partial charge on any atom is -0.445 e. The van der Waals surface area contributed by atoms with E-state index in [2.05, 4.69) is 11.9 Å². The zero-order valence-corrected chi connectivity index (χ0v) is 10.3. The van der Waals surface area contributed by atoms with Crippen LogP contribution in [0, 0.1) is 0 Å². The first-order valence-electron chi connectivity index (χ1n) is 5.50. The van der Waals surface area contributed by atoms with E-state index in [0.29, 0.717) is 5.71 Å². The maximum atomic E-state index is 5.88. The van der Waals surface area contributed by atoms with Crippen molar-refractivity contribution in [3.05, 3.63) is 35.5 Å². The number of thiophene rings is 1. The van der Waals surface area contributed by atoms with Crippen LogP contribution in [0.2, 0.25) is 0 Å². The van der Waals surface area contributed by atoms with Crippen LogP contribution in [0.25, 0.3) is 22.2 Å². The number of pyridine rings is 1. The standard InChI is InChI=1S/C13H12N2OS/c1-2-11-9(6-12(14)17-11)10-7-16-13-8(10)4-3-5-15-13/h3-7H,2,14H2,1H3. The molecule has 0 fully saturated rings. The van der Waals surface area contributed by atoms with Crippen LogP contribution >= 0.6 is 11.3 Å². The lowest BCUT2D eigenvalue weighted by Gasteiger charge is -1.97. The molecular formula is C13H12N2OS. The Labute approximate surface area is 103 Å². The molecule has 0 saturated carbocycles. The monoisotopic (exact) mass is 244 g/mol. The Morgan fingerprint density at radius 2 is 2.29 bits per heavy atom. The Hall–Kier alpha value is -1.81. The maximum absolute atomic E-state index is 5.88. The second-order valence-corrected chi connectivity index (χ2v) is 5.01. The normalized spacial score (nSPS) is 11.1. The second-order valence-electron chi connectivity index (χ2n) is 3.84. The molecule has 86 valence electrons. The van der Waals surface area contributed by atoms with Crippen LogP contribution in [-0.2, 0) is 6.42 Å². The molecule has 0 atom stereocenters. The molecule has 0 aromatic carbocycles. The summed E-state index contributed by atoms with van der Waals surface area (Å²) in [6.45, 7) is 2.13. The van der Waals surface area contributed by atoms with Gasteiger partial charge < -0.3 is 10.2 Å². The highest BCUT2D eigenvalue weighted by Gasteiger charge is 2.14. The minimum atomic E-state index is 0.675. The van der Waals surface area contributed by atoms with Gasteiger partial charge in [-0.3, -0.25) is 0 Å². The van der Waals surface area contributed by atoms with Gasteiger partial charge in [-0.05, 0) is 24.6 Å². The van der Waals surface area contributed by atoms with Crippen molar-refractivity contribution in [1.29, 1.82) is 0 Å². The van der Waals surface area contributed by atoms with Crippen LogP contribution in [0.5, 0.6) is 0 Å². The van der Waals surface area contributed by atoms with Crippen LogP contribution in [-0.4, -0.2) is 4.98 Å². The SMILES string of the molecule is CCc1sc(N)cc1-c1coc2ncccc12. The van der Waals surface area contributed by atoms with E-state index in [-0.39, 0.29) is 0 Å². The first kappa shape index (κ1) is 10.4. The molecule has 3 nitrogen and oxygen atoms in total. The summed E-state index contributed by atoms with van der Waals surface area (Å²) >= 11 is 1.64. The quantitative estimate of drug-likeness (QED) is 0.747. The number of furan rings is 1. The molecule has 0 aliphatic rings. The fraction of sp³-hybridized carbons (Fsp3) is 0.154. The fourth-order valence-electron chi connectivity index (χ4n) is 2.02. The molecule has 0 unspecified atom stereocenters. The number of rotatable bonds is 2. The van der Waals surface area contributed by atoms with E-state index in [1.807, 2.05) is 18.2 Å². The van der Waals surface area contributed by atoms with Crippen molar-refractivity contribution in [3.8, 4) is 11.1 Å². The molecule has 0 saturated heterocycles. The molecule has 0 amide bonds. The van der Waals surface area contributed by atoms with Gasteiger partial charge in [0.15, 0.2) is 0 Å². The van der Waals surface area contributed by atoms with Crippen LogP contribution in [0.4, 0.5) is 5.00 Å². The molecule has 0 radical (unpaired) electrons. The zero-order valence-electron chi connectivity index (χ0n) is 9.43. The van der Waals surface area contributed by atoms with Gasteiger partial charge in [0.1, 0.15) is 6.26 Å². The van der Waals surface area contributed by atoms with Gasteiger partial charge >= 0.3 is 0 Å². The van der Waals surface area contributed by atoms with E-state index in [1.54, 1.807) is 23.8 Å². The third-order valence-corrected chi connectivity index (χ3v) is 3.90. The summed E-state index contributed by atoms with van der Waals surface area (Å²) in [5.74, 6) is 0. The van der Waals surface area contributed by atoms with Gasteiger partial charge in [-0.15, -0.1) is 11.3 Å². The minimum absolute atomic E-state index is 0.675. The number of hydrogen-bond acceptors (Lipinski definition) is 4. The Bertz CT molecular complexity index is 669. The number of aryl methyl sites for hydroxylation is 1. The van der Waals surface area contributed by atoms with Crippen molar-refractivity contribution in [2.45, 2.75) is 13.3 Å². The van der Waals surface area contributed by atoms with Crippen molar-refractivity contribution in [3.63, 3.8) is 0 Å². The van der Waals surface area contributed by atoms with E-state index >= 15 is 0 Å². The number of hydrogen-bond donors (Lipinski definition) is 1. The Balaban J connectivity index is 2.26. The number of anilines is 1. The molecule has 3 heterocycles. The molecule has 3 rings (SSSR count). The summed E-state index contributed by atoms with van der Waals surface area (Å²) < 4.78 is 5.46. The Kier molecular flexibility index (Phi) is 2.37. The summed E-state index contributed by atoms with van der Waals surface area (Å²) in [6.07, 6.45) is 4.47.